The molecule has 0 amide bonds. The zero-order valence-corrected chi connectivity index (χ0v) is 15.9. The molecule has 0 radical (unpaired) electrons. The first-order chi connectivity index (χ1) is 12.4. The Bertz CT molecular complexity index is 970. The molecule has 0 spiro atoms. The van der Waals surface area contributed by atoms with Crippen LogP contribution in [0.4, 0.5) is 10.1 Å². The fourth-order valence-electron chi connectivity index (χ4n) is 3.84. The topological polar surface area (TPSA) is 138 Å². The molecule has 1 aromatic heterocycles. The summed E-state index contributed by atoms with van der Waals surface area (Å²) in [5.41, 5.74) is 0.436. The van der Waals surface area contributed by atoms with Gasteiger partial charge in [0.25, 0.3) is 0 Å². The molecule has 1 aliphatic carbocycles. The minimum absolute atomic E-state index is 0. The first-order valence-corrected chi connectivity index (χ1v) is 8.98. The molecule has 8 nitrogen and oxygen atoms in total. The van der Waals surface area contributed by atoms with Gasteiger partial charge in [0.05, 0.1) is 16.6 Å². The van der Waals surface area contributed by atoms with Crippen LogP contribution >= 0.6 is 0 Å². The molecular formula is C19H26FN3O5. The van der Waals surface area contributed by atoms with E-state index in [-0.39, 0.29) is 39.5 Å². The van der Waals surface area contributed by atoms with Crippen LogP contribution in [0.3, 0.4) is 0 Å². The van der Waals surface area contributed by atoms with Gasteiger partial charge in [-0.2, -0.15) is 0 Å². The predicted molar refractivity (Wildman–Crippen MR) is 105 cm³/mol. The summed E-state index contributed by atoms with van der Waals surface area (Å²) >= 11 is 0. The van der Waals surface area contributed by atoms with Gasteiger partial charge in [-0.1, -0.05) is 0 Å². The molecule has 1 aliphatic heterocycles. The summed E-state index contributed by atoms with van der Waals surface area (Å²) in [6.07, 6.45) is 3.30. The number of carbonyl (C=O) groups is 1. The Balaban J connectivity index is 0.00000140. The number of halogens is 1. The van der Waals surface area contributed by atoms with Crippen molar-refractivity contribution in [3.63, 3.8) is 0 Å². The number of anilines is 1. The van der Waals surface area contributed by atoms with Crippen molar-refractivity contribution in [3.05, 3.63) is 39.4 Å². The summed E-state index contributed by atoms with van der Waals surface area (Å²) in [4.78, 5) is 26.2. The lowest BCUT2D eigenvalue weighted by molar-refractivity contribution is 0.0695. The van der Waals surface area contributed by atoms with Crippen LogP contribution in [0.2, 0.25) is 0 Å². The number of fused-ring (bicyclic) bond motifs is 1. The quantitative estimate of drug-likeness (QED) is 0.785. The molecule has 1 saturated heterocycles. The molecule has 9 heteroatoms. The number of piperazine rings is 1. The Morgan fingerprint density at radius 3 is 2.57 bits per heavy atom. The lowest BCUT2D eigenvalue weighted by Crippen LogP contribution is -2.49. The molecule has 28 heavy (non-hydrogen) atoms. The second-order valence-corrected chi connectivity index (χ2v) is 7.35. The van der Waals surface area contributed by atoms with Crippen molar-refractivity contribution in [2.75, 3.05) is 24.5 Å². The highest BCUT2D eigenvalue weighted by atomic mass is 19.1. The van der Waals surface area contributed by atoms with E-state index in [2.05, 4.69) is 12.2 Å². The van der Waals surface area contributed by atoms with Crippen LogP contribution in [-0.2, 0) is 0 Å². The maximum atomic E-state index is 15.1. The van der Waals surface area contributed by atoms with Gasteiger partial charge in [0.1, 0.15) is 11.4 Å². The van der Waals surface area contributed by atoms with Crippen LogP contribution in [0, 0.1) is 12.7 Å². The number of hydrogen-bond donors (Lipinski definition) is 2. The van der Waals surface area contributed by atoms with E-state index in [1.54, 1.807) is 13.0 Å². The molecule has 1 atom stereocenters. The van der Waals surface area contributed by atoms with E-state index in [4.69, 9.17) is 0 Å². The van der Waals surface area contributed by atoms with Gasteiger partial charge in [-0.3, -0.25) is 4.79 Å². The van der Waals surface area contributed by atoms with E-state index in [1.165, 1.54) is 6.20 Å². The van der Waals surface area contributed by atoms with Crippen LogP contribution in [0.25, 0.3) is 10.9 Å². The maximum Gasteiger partial charge on any atom is 0.341 e. The van der Waals surface area contributed by atoms with E-state index < -0.39 is 17.2 Å². The number of aryl methyl sites for hydroxylation is 1. The molecule has 6 N–H and O–H groups in total. The molecule has 1 saturated carbocycles. The van der Waals surface area contributed by atoms with Crippen molar-refractivity contribution in [1.82, 2.24) is 9.88 Å². The molecule has 4 rings (SSSR count). The van der Waals surface area contributed by atoms with Crippen molar-refractivity contribution < 1.29 is 25.2 Å². The van der Waals surface area contributed by atoms with Crippen molar-refractivity contribution in [1.29, 1.82) is 0 Å². The zero-order chi connectivity index (χ0) is 18.6. The average Bonchev–Trinajstić information content (AvgIpc) is 3.42. The van der Waals surface area contributed by atoms with Crippen molar-refractivity contribution in [2.24, 2.45) is 0 Å². The van der Waals surface area contributed by atoms with E-state index in [1.807, 2.05) is 9.47 Å². The lowest BCUT2D eigenvalue weighted by atomic mass is 10.0. The molecule has 2 aromatic rings. The number of aromatic carboxylic acids is 1. The molecule has 1 aromatic carbocycles. The Morgan fingerprint density at radius 2 is 2.00 bits per heavy atom. The third-order valence-electron chi connectivity index (χ3n) is 5.36. The van der Waals surface area contributed by atoms with Crippen LogP contribution in [-0.4, -0.2) is 52.3 Å². The minimum Gasteiger partial charge on any atom is -0.477 e. The summed E-state index contributed by atoms with van der Waals surface area (Å²) in [5, 5.41) is 12.9. The largest absolute Gasteiger partial charge is 0.477 e. The minimum atomic E-state index is -1.27. The van der Waals surface area contributed by atoms with Crippen LogP contribution in [0.5, 0.6) is 0 Å². The Kier molecular flexibility index (Phi) is 6.12. The summed E-state index contributed by atoms with van der Waals surface area (Å²) in [5.74, 6) is -1.71. The molecule has 154 valence electrons. The summed E-state index contributed by atoms with van der Waals surface area (Å²) in [6, 6.07) is 2.15. The third kappa shape index (κ3) is 3.48. The van der Waals surface area contributed by atoms with Gasteiger partial charge < -0.3 is 30.8 Å². The standard InChI is InChI=1S/C19H22FN3O3.2H2O/c1-10-8-22(6-5-21-10)15-7-14-16(11(2)17(15)20)18(24)13(19(25)26)9-23(14)12-3-4-12;;/h7,9-10,12,21H,3-6,8H2,1-2H3,(H,25,26);2*1H2. The average molecular weight is 395 g/mol. The van der Waals surface area contributed by atoms with Crippen molar-refractivity contribution >= 4 is 22.6 Å². The Morgan fingerprint density at radius 1 is 1.32 bits per heavy atom. The highest BCUT2D eigenvalue weighted by Crippen LogP contribution is 2.39. The van der Waals surface area contributed by atoms with Gasteiger partial charge in [0.2, 0.25) is 5.43 Å². The number of pyridine rings is 1. The maximum absolute atomic E-state index is 15.1. The third-order valence-corrected chi connectivity index (χ3v) is 5.36. The normalized spacial score (nSPS) is 19.1. The highest BCUT2D eigenvalue weighted by Gasteiger charge is 2.29. The molecule has 1 unspecified atom stereocenters. The first-order valence-electron chi connectivity index (χ1n) is 8.98. The molecule has 2 fully saturated rings. The van der Waals surface area contributed by atoms with Gasteiger partial charge >= 0.3 is 5.97 Å². The molecular weight excluding hydrogens is 369 g/mol. The van der Waals surface area contributed by atoms with E-state index in [9.17, 15) is 14.7 Å². The fourth-order valence-corrected chi connectivity index (χ4v) is 3.84. The summed E-state index contributed by atoms with van der Waals surface area (Å²) < 4.78 is 17.0. The van der Waals surface area contributed by atoms with Crippen molar-refractivity contribution in [3.8, 4) is 0 Å². The van der Waals surface area contributed by atoms with Crippen molar-refractivity contribution in [2.45, 2.75) is 38.8 Å². The molecule has 2 aliphatic rings. The van der Waals surface area contributed by atoms with Crippen LogP contribution < -0.4 is 15.6 Å². The van der Waals surface area contributed by atoms with Gasteiger partial charge in [-0.05, 0) is 32.8 Å². The molecule has 0 bridgehead atoms. The number of nitrogens with one attached hydrogen (secondary N) is 1. The smallest absolute Gasteiger partial charge is 0.341 e. The number of benzene rings is 1. The van der Waals surface area contributed by atoms with Gasteiger partial charge in [-0.25, -0.2) is 9.18 Å². The SMILES string of the molecule is Cc1c(F)c(N2CCNC(C)C2)cc2c1c(=O)c(C(=O)O)cn2C1CC1.O.O. The van der Waals surface area contributed by atoms with Crippen LogP contribution in [0.1, 0.15) is 41.7 Å². The van der Waals surface area contributed by atoms with E-state index in [0.717, 1.165) is 19.4 Å². The number of aromatic nitrogens is 1. The monoisotopic (exact) mass is 395 g/mol. The summed E-state index contributed by atoms with van der Waals surface area (Å²) in [7, 11) is 0. The molecule has 2 heterocycles. The first kappa shape index (κ1) is 21.8. The van der Waals surface area contributed by atoms with E-state index in [0.29, 0.717) is 24.3 Å². The van der Waals surface area contributed by atoms with Gasteiger partial charge in [-0.15, -0.1) is 0 Å². The fraction of sp³-hybridized carbons (Fsp3) is 0.474. The second kappa shape index (κ2) is 7.86. The number of carboxylic acids is 1. The highest BCUT2D eigenvalue weighted by molar-refractivity contribution is 5.95. The number of nitrogens with zero attached hydrogens (tertiary/aromatic N) is 2. The Hall–Kier alpha value is -2.49. The second-order valence-electron chi connectivity index (χ2n) is 7.35. The zero-order valence-electron chi connectivity index (χ0n) is 15.9. The predicted octanol–water partition coefficient (Wildman–Crippen LogP) is 0.631. The van der Waals surface area contributed by atoms with Crippen LogP contribution in [0.15, 0.2) is 17.1 Å². The number of carboxylic acid groups (broad SMARTS) is 1. The van der Waals surface area contributed by atoms with E-state index >= 15 is 4.39 Å². The Labute approximate surface area is 161 Å². The van der Waals surface area contributed by atoms with Gasteiger partial charge in [0.15, 0.2) is 0 Å². The lowest BCUT2D eigenvalue weighted by Gasteiger charge is -2.34. The summed E-state index contributed by atoms with van der Waals surface area (Å²) in [6.45, 7) is 5.76. The number of rotatable bonds is 3. The van der Waals surface area contributed by atoms with Gasteiger partial charge in [0, 0.05) is 43.5 Å². The number of hydrogen-bond acceptors (Lipinski definition) is 4.